The van der Waals surface area contributed by atoms with E-state index in [9.17, 15) is 0 Å². The second kappa shape index (κ2) is 10.6. The first-order valence-corrected chi connectivity index (χ1v) is 7.54. The number of nitrogens with two attached hydrogens (primary N) is 1. The van der Waals surface area contributed by atoms with Crippen LogP contribution in [0.25, 0.3) is 0 Å². The molecule has 0 heterocycles. The van der Waals surface area contributed by atoms with E-state index in [1.54, 1.807) is 0 Å². The fraction of sp³-hybridized carbons (Fsp3) is 0.562. The molecule has 21 heavy (non-hydrogen) atoms. The first-order chi connectivity index (χ1) is 9.84. The van der Waals surface area contributed by atoms with Crippen LogP contribution in [0.15, 0.2) is 35.3 Å². The second-order valence-corrected chi connectivity index (χ2v) is 5.24. The molecule has 1 saturated carbocycles. The average molecular weight is 356 g/mol. The van der Waals surface area contributed by atoms with Gasteiger partial charge in [-0.2, -0.15) is 0 Å². The molecule has 0 aliphatic heterocycles. The third kappa shape index (κ3) is 7.48. The Morgan fingerprint density at radius 2 is 1.90 bits per heavy atom. The van der Waals surface area contributed by atoms with Crippen LogP contribution in [0.2, 0.25) is 0 Å². The normalized spacial score (nSPS) is 16.3. The van der Waals surface area contributed by atoms with Crippen molar-refractivity contribution < 1.29 is 4.74 Å². The van der Waals surface area contributed by atoms with Gasteiger partial charge in [-0.25, -0.2) is 4.99 Å². The van der Waals surface area contributed by atoms with Gasteiger partial charge >= 0.3 is 0 Å². The summed E-state index contributed by atoms with van der Waals surface area (Å²) < 4.78 is 5.82. The van der Waals surface area contributed by atoms with Gasteiger partial charge < -0.3 is 15.8 Å². The van der Waals surface area contributed by atoms with E-state index in [0.717, 1.165) is 12.1 Å². The molecule has 1 aliphatic rings. The Morgan fingerprint density at radius 3 is 2.62 bits per heavy atom. The predicted molar refractivity (Wildman–Crippen MR) is 92.9 cm³/mol. The Balaban J connectivity index is 0.00000220. The van der Waals surface area contributed by atoms with Crippen LogP contribution >= 0.6 is 17.0 Å². The first-order valence-electron chi connectivity index (χ1n) is 7.54. The number of aliphatic imine (C=N–C) groups is 1. The van der Waals surface area contributed by atoms with Gasteiger partial charge in [-0.1, -0.05) is 49.6 Å². The third-order valence-electron chi connectivity index (χ3n) is 3.59. The van der Waals surface area contributed by atoms with Gasteiger partial charge in [-0.05, 0) is 18.4 Å². The lowest BCUT2D eigenvalue weighted by atomic mass is 9.98. The Kier molecular flexibility index (Phi) is 9.10. The molecule has 2 rings (SSSR count). The van der Waals surface area contributed by atoms with Crippen LogP contribution < -0.4 is 11.1 Å². The highest BCUT2D eigenvalue weighted by Gasteiger charge is 2.12. The SMILES string of the molecule is Br.NC(=NCc1ccccc1)NCCOC1CCCCC1. The van der Waals surface area contributed by atoms with Crippen molar-refractivity contribution in [3.05, 3.63) is 35.9 Å². The molecule has 3 N–H and O–H groups in total. The smallest absolute Gasteiger partial charge is 0.188 e. The van der Waals surface area contributed by atoms with Crippen molar-refractivity contribution in [2.24, 2.45) is 10.7 Å². The van der Waals surface area contributed by atoms with Crippen molar-refractivity contribution in [2.75, 3.05) is 13.2 Å². The minimum Gasteiger partial charge on any atom is -0.376 e. The quantitative estimate of drug-likeness (QED) is 0.468. The monoisotopic (exact) mass is 355 g/mol. The number of nitrogens with zero attached hydrogens (tertiary/aromatic N) is 1. The number of rotatable bonds is 6. The summed E-state index contributed by atoms with van der Waals surface area (Å²) in [7, 11) is 0. The first kappa shape index (κ1) is 18.0. The van der Waals surface area contributed by atoms with Crippen LogP contribution in [0.3, 0.4) is 0 Å². The number of guanidine groups is 1. The molecule has 1 aromatic carbocycles. The van der Waals surface area contributed by atoms with E-state index in [1.807, 2.05) is 30.3 Å². The number of ether oxygens (including phenoxy) is 1. The summed E-state index contributed by atoms with van der Waals surface area (Å²) in [5.41, 5.74) is 6.99. The van der Waals surface area contributed by atoms with Gasteiger partial charge in [0, 0.05) is 6.54 Å². The van der Waals surface area contributed by atoms with Crippen molar-refractivity contribution in [3.63, 3.8) is 0 Å². The zero-order chi connectivity index (χ0) is 14.0. The highest BCUT2D eigenvalue weighted by atomic mass is 79.9. The molecule has 1 aromatic rings. The Bertz CT molecular complexity index is 405. The predicted octanol–water partition coefficient (Wildman–Crippen LogP) is 3.02. The fourth-order valence-corrected chi connectivity index (χ4v) is 2.45. The van der Waals surface area contributed by atoms with Crippen LogP contribution in [0, 0.1) is 0 Å². The molecule has 118 valence electrons. The molecule has 0 atom stereocenters. The van der Waals surface area contributed by atoms with Crippen molar-refractivity contribution in [1.29, 1.82) is 0 Å². The van der Waals surface area contributed by atoms with E-state index < -0.39 is 0 Å². The van der Waals surface area contributed by atoms with E-state index >= 15 is 0 Å². The molecule has 1 fully saturated rings. The van der Waals surface area contributed by atoms with Gasteiger partial charge in [0.25, 0.3) is 0 Å². The average Bonchev–Trinajstić information content (AvgIpc) is 2.52. The Labute approximate surface area is 137 Å². The number of halogens is 1. The maximum atomic E-state index is 5.82. The van der Waals surface area contributed by atoms with Crippen molar-refractivity contribution in [2.45, 2.75) is 44.8 Å². The highest BCUT2D eigenvalue weighted by molar-refractivity contribution is 8.93. The van der Waals surface area contributed by atoms with Crippen LogP contribution in [0.1, 0.15) is 37.7 Å². The number of nitrogens with one attached hydrogen (secondary N) is 1. The lowest BCUT2D eigenvalue weighted by Gasteiger charge is -2.22. The second-order valence-electron chi connectivity index (χ2n) is 5.24. The standard InChI is InChI=1S/C16H25N3O.BrH/c17-16(19-13-14-7-3-1-4-8-14)18-11-12-20-15-9-5-2-6-10-15;/h1,3-4,7-8,15H,2,5-6,9-13H2,(H3,17,18,19);1H. The van der Waals surface area contributed by atoms with Gasteiger partial charge in [0.1, 0.15) is 0 Å². The van der Waals surface area contributed by atoms with Gasteiger partial charge in [0.15, 0.2) is 5.96 Å². The molecule has 0 unspecified atom stereocenters. The maximum absolute atomic E-state index is 5.82. The van der Waals surface area contributed by atoms with Crippen LogP contribution in [-0.4, -0.2) is 25.2 Å². The van der Waals surface area contributed by atoms with Gasteiger partial charge in [0.2, 0.25) is 0 Å². The summed E-state index contributed by atoms with van der Waals surface area (Å²) >= 11 is 0. The number of hydrogen-bond donors (Lipinski definition) is 2. The van der Waals surface area contributed by atoms with E-state index in [2.05, 4.69) is 10.3 Å². The van der Waals surface area contributed by atoms with Gasteiger partial charge in [-0.15, -0.1) is 17.0 Å². The maximum Gasteiger partial charge on any atom is 0.188 e. The van der Waals surface area contributed by atoms with Crippen molar-refractivity contribution in [1.82, 2.24) is 5.32 Å². The number of hydrogen-bond acceptors (Lipinski definition) is 2. The van der Waals surface area contributed by atoms with Gasteiger partial charge in [-0.3, -0.25) is 0 Å². The van der Waals surface area contributed by atoms with Crippen LogP contribution in [-0.2, 0) is 11.3 Å². The highest BCUT2D eigenvalue weighted by Crippen LogP contribution is 2.19. The van der Waals surface area contributed by atoms with Crippen LogP contribution in [0.4, 0.5) is 0 Å². The van der Waals surface area contributed by atoms with Gasteiger partial charge in [0.05, 0.1) is 19.3 Å². The summed E-state index contributed by atoms with van der Waals surface area (Å²) in [6.07, 6.45) is 6.83. The molecule has 0 radical (unpaired) electrons. The summed E-state index contributed by atoms with van der Waals surface area (Å²) in [5.74, 6) is 0.487. The number of benzene rings is 1. The minimum absolute atomic E-state index is 0. The summed E-state index contributed by atoms with van der Waals surface area (Å²) in [6.45, 7) is 2.04. The lowest BCUT2D eigenvalue weighted by Crippen LogP contribution is -2.35. The molecular formula is C16H26BrN3O. The topological polar surface area (TPSA) is 59.6 Å². The molecule has 4 nitrogen and oxygen atoms in total. The summed E-state index contributed by atoms with van der Waals surface area (Å²) in [5, 5.41) is 3.10. The van der Waals surface area contributed by atoms with E-state index in [1.165, 1.54) is 32.1 Å². The van der Waals surface area contributed by atoms with E-state index in [0.29, 0.717) is 25.2 Å². The molecule has 0 saturated heterocycles. The largest absolute Gasteiger partial charge is 0.376 e. The van der Waals surface area contributed by atoms with E-state index in [4.69, 9.17) is 10.5 Å². The Morgan fingerprint density at radius 1 is 1.19 bits per heavy atom. The third-order valence-corrected chi connectivity index (χ3v) is 3.59. The molecule has 0 amide bonds. The molecule has 0 bridgehead atoms. The zero-order valence-electron chi connectivity index (χ0n) is 12.5. The zero-order valence-corrected chi connectivity index (χ0v) is 14.2. The minimum atomic E-state index is 0. The Hall–Kier alpha value is -1.07. The summed E-state index contributed by atoms with van der Waals surface area (Å²) in [4.78, 5) is 4.31. The molecule has 0 aromatic heterocycles. The van der Waals surface area contributed by atoms with E-state index in [-0.39, 0.29) is 17.0 Å². The van der Waals surface area contributed by atoms with Crippen molar-refractivity contribution in [3.8, 4) is 0 Å². The lowest BCUT2D eigenvalue weighted by molar-refractivity contribution is 0.0318. The summed E-state index contributed by atoms with van der Waals surface area (Å²) in [6, 6.07) is 10.1. The molecular weight excluding hydrogens is 330 g/mol. The fourth-order valence-electron chi connectivity index (χ4n) is 2.45. The molecule has 1 aliphatic carbocycles. The molecule has 5 heteroatoms. The molecule has 0 spiro atoms. The van der Waals surface area contributed by atoms with Crippen molar-refractivity contribution >= 4 is 22.9 Å². The van der Waals surface area contributed by atoms with Crippen LogP contribution in [0.5, 0.6) is 0 Å².